The average Bonchev–Trinajstić information content (AvgIpc) is 3.46. The van der Waals surface area contributed by atoms with Crippen molar-refractivity contribution in [3.63, 3.8) is 0 Å². The van der Waals surface area contributed by atoms with Gasteiger partial charge in [-0.25, -0.2) is 4.39 Å². The van der Waals surface area contributed by atoms with Crippen LogP contribution in [0.3, 0.4) is 0 Å². The average molecular weight is 526 g/mol. The van der Waals surface area contributed by atoms with Gasteiger partial charge in [-0.3, -0.25) is 4.79 Å². The van der Waals surface area contributed by atoms with Crippen LogP contribution in [0, 0.1) is 59.1 Å². The molecule has 2 N–H and O–H groups in total. The summed E-state index contributed by atoms with van der Waals surface area (Å²) in [5.41, 5.74) is 2.51. The van der Waals surface area contributed by atoms with Gasteiger partial charge >= 0.3 is 0 Å². The first kappa shape index (κ1) is 26.7. The molecule has 0 saturated heterocycles. The van der Waals surface area contributed by atoms with E-state index >= 15 is 0 Å². The van der Waals surface area contributed by atoms with Gasteiger partial charge in [0.2, 0.25) is 5.91 Å². The highest BCUT2D eigenvalue weighted by atomic mass is 19.1. The van der Waals surface area contributed by atoms with Crippen molar-refractivity contribution in [2.24, 2.45) is 46.3 Å². The first-order valence-corrected chi connectivity index (χ1v) is 15.5. The Hall–Kier alpha value is -1.46. The first-order chi connectivity index (χ1) is 18.0. The number of halogens is 1. The molecule has 4 fully saturated rings. The molecule has 38 heavy (non-hydrogen) atoms. The Morgan fingerprint density at radius 2 is 1.89 bits per heavy atom. The summed E-state index contributed by atoms with van der Waals surface area (Å²) in [4.78, 5) is 14.9. The molecule has 10 atom stereocenters. The van der Waals surface area contributed by atoms with E-state index in [1.807, 2.05) is 13.0 Å². The number of rotatable bonds is 4. The van der Waals surface area contributed by atoms with Crippen molar-refractivity contribution < 1.29 is 19.4 Å². The maximum absolute atomic E-state index is 14.7. The topological polar surface area (TPSA) is 60.8 Å². The molecule has 6 rings (SSSR count). The number of aliphatic hydroxyl groups is 2. The predicted octanol–water partition coefficient (Wildman–Crippen LogP) is 6.43. The molecule has 0 radical (unpaired) electrons. The Balaban J connectivity index is 1.14. The number of amides is 1. The van der Waals surface area contributed by atoms with Crippen LogP contribution in [0.2, 0.25) is 0 Å². The van der Waals surface area contributed by atoms with Crippen molar-refractivity contribution in [2.75, 3.05) is 11.4 Å². The lowest BCUT2D eigenvalue weighted by molar-refractivity contribution is -0.174. The Labute approximate surface area is 228 Å². The van der Waals surface area contributed by atoms with Crippen molar-refractivity contribution in [3.8, 4) is 0 Å². The van der Waals surface area contributed by atoms with Crippen LogP contribution in [0.5, 0.6) is 0 Å². The summed E-state index contributed by atoms with van der Waals surface area (Å²) in [5.74, 6) is 2.90. The van der Waals surface area contributed by atoms with Gasteiger partial charge in [-0.1, -0.05) is 26.8 Å². The molecule has 0 spiro atoms. The number of benzene rings is 1. The number of aliphatic hydroxyl groups excluding tert-OH is 2. The number of fused-ring (bicyclic) bond motifs is 6. The van der Waals surface area contributed by atoms with Crippen LogP contribution >= 0.6 is 0 Å². The highest BCUT2D eigenvalue weighted by Crippen LogP contribution is 2.68. The van der Waals surface area contributed by atoms with Crippen LogP contribution in [0.4, 0.5) is 10.1 Å². The van der Waals surface area contributed by atoms with Crippen molar-refractivity contribution in [1.29, 1.82) is 0 Å². The van der Waals surface area contributed by atoms with Crippen molar-refractivity contribution in [1.82, 2.24) is 0 Å². The molecule has 0 unspecified atom stereocenters. The second-order valence-electron chi connectivity index (χ2n) is 14.5. The Morgan fingerprint density at radius 3 is 2.68 bits per heavy atom. The molecular weight excluding hydrogens is 477 g/mol. The molecule has 1 amide bonds. The molecule has 4 nitrogen and oxygen atoms in total. The Kier molecular flexibility index (Phi) is 6.74. The number of aryl methyl sites for hydroxylation is 1. The third-order valence-electron chi connectivity index (χ3n) is 12.8. The minimum Gasteiger partial charge on any atom is -0.393 e. The molecular formula is C33H48FNO3. The zero-order valence-electron chi connectivity index (χ0n) is 23.9. The number of hydrogen-bond acceptors (Lipinski definition) is 3. The van der Waals surface area contributed by atoms with E-state index in [0.29, 0.717) is 54.2 Å². The lowest BCUT2D eigenvalue weighted by atomic mass is 9.43. The van der Waals surface area contributed by atoms with Crippen molar-refractivity contribution in [2.45, 2.75) is 111 Å². The van der Waals surface area contributed by atoms with E-state index < -0.39 is 0 Å². The lowest BCUT2D eigenvalue weighted by Gasteiger charge is -2.62. The van der Waals surface area contributed by atoms with Gasteiger partial charge in [0.25, 0.3) is 0 Å². The standard InChI is InChI=1S/C33H48FNO3/c1-19-15-21-12-14-35(31(21)28(34)16-19)30(38)10-5-20(2)25-8-9-26-24-7-6-22-17-23(36)11-13-32(22,3)27(24)18-29(37)33(25,26)4/h15-16,20,22-27,29,36-37H,5-14,17-18H2,1-4H3/t20-,22-,23-,24+,25-,26+,27+,29+,32+,33-/m1/s1. The summed E-state index contributed by atoms with van der Waals surface area (Å²) >= 11 is 0. The maximum atomic E-state index is 14.7. The van der Waals surface area contributed by atoms with Gasteiger partial charge in [0.05, 0.1) is 17.9 Å². The van der Waals surface area contributed by atoms with Crippen LogP contribution < -0.4 is 4.90 Å². The summed E-state index contributed by atoms with van der Waals surface area (Å²) in [7, 11) is 0. The molecule has 5 aliphatic rings. The zero-order chi connectivity index (χ0) is 27.0. The number of hydrogen-bond donors (Lipinski definition) is 2. The van der Waals surface area contributed by atoms with Gasteiger partial charge in [0.15, 0.2) is 0 Å². The molecule has 4 aliphatic carbocycles. The fraction of sp³-hybridized carbons (Fsp3) is 0.788. The zero-order valence-corrected chi connectivity index (χ0v) is 23.9. The first-order valence-electron chi connectivity index (χ1n) is 15.5. The molecule has 5 heteroatoms. The highest BCUT2D eigenvalue weighted by Gasteiger charge is 2.63. The molecule has 1 aromatic carbocycles. The molecule has 0 aromatic heterocycles. The van der Waals surface area contributed by atoms with Crippen molar-refractivity contribution >= 4 is 11.6 Å². The van der Waals surface area contributed by atoms with Crippen LogP contribution in [-0.4, -0.2) is 34.9 Å². The lowest BCUT2D eigenvalue weighted by Crippen LogP contribution is -2.58. The number of carbonyl (C=O) groups excluding carboxylic acids is 1. The quantitative estimate of drug-likeness (QED) is 0.476. The SMILES string of the molecule is Cc1cc(F)c2c(c1)CCN2C(=O)CC[C@@H](C)[C@H]1CC[C@H]2[C@@H]3CC[C@@H]4C[C@H](O)CC[C@]4(C)[C@H]3C[C@H](O)[C@]12C. The van der Waals surface area contributed by atoms with E-state index in [4.69, 9.17) is 0 Å². The van der Waals surface area contributed by atoms with Gasteiger partial charge in [0, 0.05) is 13.0 Å². The van der Waals surface area contributed by atoms with Gasteiger partial charge in [-0.15, -0.1) is 0 Å². The summed E-state index contributed by atoms with van der Waals surface area (Å²) in [5, 5.41) is 22.1. The predicted molar refractivity (Wildman–Crippen MR) is 148 cm³/mol. The molecule has 1 heterocycles. The minimum absolute atomic E-state index is 0.0352. The normalized spacial score (nSPS) is 42.7. The van der Waals surface area contributed by atoms with E-state index in [2.05, 4.69) is 20.8 Å². The summed E-state index contributed by atoms with van der Waals surface area (Å²) in [6.45, 7) is 9.59. The van der Waals surface area contributed by atoms with Crippen LogP contribution in [0.15, 0.2) is 12.1 Å². The third-order valence-corrected chi connectivity index (χ3v) is 12.8. The summed E-state index contributed by atoms with van der Waals surface area (Å²) in [6, 6.07) is 3.54. The third kappa shape index (κ3) is 4.00. The van der Waals surface area contributed by atoms with Gasteiger partial charge in [-0.05, 0) is 135 Å². The molecule has 1 aliphatic heterocycles. The molecule has 210 valence electrons. The highest BCUT2D eigenvalue weighted by molar-refractivity contribution is 5.95. The second-order valence-corrected chi connectivity index (χ2v) is 14.5. The van der Waals surface area contributed by atoms with Gasteiger partial charge in [-0.2, -0.15) is 0 Å². The van der Waals surface area contributed by atoms with E-state index in [0.717, 1.165) is 56.1 Å². The minimum atomic E-state index is -0.301. The summed E-state index contributed by atoms with van der Waals surface area (Å²) in [6.07, 6.45) is 10.1. The van der Waals surface area contributed by atoms with E-state index in [1.54, 1.807) is 4.90 Å². The Morgan fingerprint density at radius 1 is 1.11 bits per heavy atom. The number of anilines is 1. The van der Waals surface area contributed by atoms with Crippen LogP contribution in [0.1, 0.15) is 96.1 Å². The van der Waals surface area contributed by atoms with Crippen LogP contribution in [-0.2, 0) is 11.2 Å². The smallest absolute Gasteiger partial charge is 0.227 e. The van der Waals surface area contributed by atoms with E-state index in [1.165, 1.54) is 25.3 Å². The molecule has 4 saturated carbocycles. The summed E-state index contributed by atoms with van der Waals surface area (Å²) < 4.78 is 14.7. The fourth-order valence-corrected chi connectivity index (χ4v) is 10.7. The fourth-order valence-electron chi connectivity index (χ4n) is 10.7. The number of carbonyl (C=O) groups is 1. The van der Waals surface area contributed by atoms with Gasteiger partial charge in [0.1, 0.15) is 5.82 Å². The Bertz CT molecular complexity index is 1090. The number of nitrogens with zero attached hydrogens (tertiary/aromatic N) is 1. The van der Waals surface area contributed by atoms with Crippen LogP contribution in [0.25, 0.3) is 0 Å². The maximum Gasteiger partial charge on any atom is 0.227 e. The van der Waals surface area contributed by atoms with E-state index in [9.17, 15) is 19.4 Å². The monoisotopic (exact) mass is 525 g/mol. The second kappa shape index (κ2) is 9.58. The van der Waals surface area contributed by atoms with E-state index in [-0.39, 0.29) is 34.8 Å². The molecule has 1 aromatic rings. The largest absolute Gasteiger partial charge is 0.393 e. The molecule has 0 bridgehead atoms. The van der Waals surface area contributed by atoms with Crippen molar-refractivity contribution in [3.05, 3.63) is 29.1 Å². The van der Waals surface area contributed by atoms with Gasteiger partial charge < -0.3 is 15.1 Å².